The minimum absolute atomic E-state index is 0.00799. The molecule has 0 unspecified atom stereocenters. The molecule has 3 atom stereocenters. The summed E-state index contributed by atoms with van der Waals surface area (Å²) in [6.07, 6.45) is 0.232. The van der Waals surface area contributed by atoms with Crippen LogP contribution in [0.4, 0.5) is 4.79 Å². The molecular weight excluding hydrogens is 594 g/mol. The van der Waals surface area contributed by atoms with E-state index in [1.165, 1.54) is 0 Å². The topological polar surface area (TPSA) is 106 Å². The Hall–Kier alpha value is -5.12. The van der Waals surface area contributed by atoms with Crippen LogP contribution in [0.3, 0.4) is 0 Å². The van der Waals surface area contributed by atoms with Gasteiger partial charge in [-0.1, -0.05) is 72.8 Å². The van der Waals surface area contributed by atoms with Crippen LogP contribution in [-0.2, 0) is 27.3 Å². The number of aromatic amines is 1. The smallest absolute Gasteiger partial charge is 0.431 e. The maximum absolute atomic E-state index is 14.3. The van der Waals surface area contributed by atoms with Gasteiger partial charge in [-0.2, -0.15) is 0 Å². The fourth-order valence-electron chi connectivity index (χ4n) is 7.03. The van der Waals surface area contributed by atoms with Crippen molar-refractivity contribution in [1.29, 1.82) is 0 Å². The monoisotopic (exact) mass is 629 g/mol. The predicted octanol–water partition coefficient (Wildman–Crippen LogP) is 7.35. The zero-order valence-electron chi connectivity index (χ0n) is 26.4. The number of carbonyl (C=O) groups is 2. The summed E-state index contributed by atoms with van der Waals surface area (Å²) in [7, 11) is 0. The minimum atomic E-state index is -0.983. The van der Waals surface area contributed by atoms with Gasteiger partial charge in [0, 0.05) is 40.2 Å². The number of carbonyl (C=O) groups excluding carboxylic acids is 2. The molecule has 0 aliphatic carbocycles. The number of benzene rings is 4. The van der Waals surface area contributed by atoms with Gasteiger partial charge < -0.3 is 33.8 Å². The molecule has 0 saturated carbocycles. The van der Waals surface area contributed by atoms with Crippen molar-refractivity contribution in [2.24, 2.45) is 0 Å². The van der Waals surface area contributed by atoms with Crippen LogP contribution in [0.25, 0.3) is 43.6 Å². The second kappa shape index (κ2) is 11.0. The van der Waals surface area contributed by atoms with Gasteiger partial charge in [0.05, 0.1) is 22.1 Å². The standard InChI is InChI=1S/C38H35N3O6/c1-38(2,3)47-37(44)45-21-29-28(42)17-18-30(46-29)41-27-16-10-8-14-24(27)31-25-20-40(19-22-11-5-4-6-12-22)36(43)33(25)32-23-13-7-9-15-26(23)39-34(32)35(31)41/h4-18,28-30,39,42H,19-21H2,1-3H3/t28-,29-,30-/m1/s1. The molecule has 8 rings (SSSR count). The minimum Gasteiger partial charge on any atom is -0.431 e. The summed E-state index contributed by atoms with van der Waals surface area (Å²) in [5.74, 6) is 0.00799. The lowest BCUT2D eigenvalue weighted by molar-refractivity contribution is -0.111. The molecule has 9 nitrogen and oxygen atoms in total. The molecule has 2 aliphatic heterocycles. The molecule has 9 heteroatoms. The van der Waals surface area contributed by atoms with Gasteiger partial charge in [-0.05, 0) is 50.1 Å². The number of hydrogen-bond acceptors (Lipinski definition) is 6. The van der Waals surface area contributed by atoms with Crippen molar-refractivity contribution < 1.29 is 28.9 Å². The number of aromatic nitrogens is 2. The zero-order valence-corrected chi connectivity index (χ0v) is 26.4. The van der Waals surface area contributed by atoms with Crippen molar-refractivity contribution in [2.45, 2.75) is 57.9 Å². The molecule has 2 aliphatic rings. The van der Waals surface area contributed by atoms with Gasteiger partial charge in [-0.25, -0.2) is 4.79 Å². The molecule has 1 amide bonds. The fourth-order valence-corrected chi connectivity index (χ4v) is 7.03. The van der Waals surface area contributed by atoms with Crippen molar-refractivity contribution in [3.8, 4) is 0 Å². The van der Waals surface area contributed by atoms with E-state index in [2.05, 4.69) is 21.7 Å². The second-order valence-electron chi connectivity index (χ2n) is 13.2. The Morgan fingerprint density at radius 1 is 0.957 bits per heavy atom. The first-order valence-corrected chi connectivity index (χ1v) is 15.9. The summed E-state index contributed by atoms with van der Waals surface area (Å²) >= 11 is 0. The van der Waals surface area contributed by atoms with Crippen molar-refractivity contribution in [3.63, 3.8) is 0 Å². The lowest BCUT2D eigenvalue weighted by atomic mass is 9.97. The Kier molecular flexibility index (Phi) is 6.86. The van der Waals surface area contributed by atoms with Gasteiger partial charge in [0.1, 0.15) is 24.4 Å². The molecule has 238 valence electrons. The quantitative estimate of drug-likeness (QED) is 0.153. The van der Waals surface area contributed by atoms with E-state index in [0.29, 0.717) is 13.1 Å². The van der Waals surface area contributed by atoms with E-state index in [1.807, 2.05) is 77.7 Å². The molecule has 0 radical (unpaired) electrons. The predicted molar refractivity (Wildman–Crippen MR) is 180 cm³/mol. The van der Waals surface area contributed by atoms with E-state index in [-0.39, 0.29) is 12.5 Å². The summed E-state index contributed by atoms with van der Waals surface area (Å²) in [5, 5.41) is 14.7. The first-order chi connectivity index (χ1) is 22.7. The number of rotatable bonds is 5. The van der Waals surface area contributed by atoms with Crippen molar-refractivity contribution in [1.82, 2.24) is 14.5 Å². The summed E-state index contributed by atoms with van der Waals surface area (Å²) in [4.78, 5) is 32.2. The number of fused-ring (bicyclic) bond motifs is 10. The molecule has 0 spiro atoms. The first kappa shape index (κ1) is 29.3. The van der Waals surface area contributed by atoms with Crippen LogP contribution in [0, 0.1) is 0 Å². The van der Waals surface area contributed by atoms with E-state index in [4.69, 9.17) is 14.2 Å². The summed E-state index contributed by atoms with van der Waals surface area (Å²) in [6, 6.07) is 26.2. The van der Waals surface area contributed by atoms with E-state index >= 15 is 0 Å². The van der Waals surface area contributed by atoms with Crippen LogP contribution < -0.4 is 0 Å². The van der Waals surface area contributed by atoms with Gasteiger partial charge in [0.2, 0.25) is 0 Å². The van der Waals surface area contributed by atoms with Crippen LogP contribution >= 0.6 is 0 Å². The number of ether oxygens (including phenoxy) is 3. The third kappa shape index (κ3) is 4.94. The average Bonchev–Trinajstić information content (AvgIpc) is 3.70. The molecule has 0 bridgehead atoms. The highest BCUT2D eigenvalue weighted by atomic mass is 16.7. The third-order valence-corrected chi connectivity index (χ3v) is 8.95. The second-order valence-corrected chi connectivity index (χ2v) is 13.2. The molecule has 2 aromatic heterocycles. The average molecular weight is 630 g/mol. The fraction of sp³-hybridized carbons (Fsp3) is 0.263. The Bertz CT molecular complexity index is 2230. The summed E-state index contributed by atoms with van der Waals surface area (Å²) < 4.78 is 19.3. The highest BCUT2D eigenvalue weighted by Crippen LogP contribution is 2.46. The first-order valence-electron chi connectivity index (χ1n) is 15.9. The molecule has 0 fully saturated rings. The lowest BCUT2D eigenvalue weighted by Crippen LogP contribution is -2.38. The van der Waals surface area contributed by atoms with E-state index in [9.17, 15) is 14.7 Å². The summed E-state index contributed by atoms with van der Waals surface area (Å²) in [6.45, 7) is 6.07. The van der Waals surface area contributed by atoms with Gasteiger partial charge in [0.25, 0.3) is 5.91 Å². The third-order valence-electron chi connectivity index (χ3n) is 8.95. The van der Waals surface area contributed by atoms with Crippen LogP contribution in [0.1, 0.15) is 48.5 Å². The van der Waals surface area contributed by atoms with Crippen molar-refractivity contribution in [3.05, 3.63) is 108 Å². The molecule has 4 heterocycles. The van der Waals surface area contributed by atoms with Gasteiger partial charge >= 0.3 is 6.16 Å². The molecule has 0 saturated heterocycles. The maximum Gasteiger partial charge on any atom is 0.508 e. The molecule has 2 N–H and O–H groups in total. The Morgan fingerprint density at radius 2 is 1.68 bits per heavy atom. The van der Waals surface area contributed by atoms with E-state index in [0.717, 1.165) is 60.3 Å². The number of amides is 1. The number of aliphatic hydroxyl groups excluding tert-OH is 1. The highest BCUT2D eigenvalue weighted by Gasteiger charge is 2.37. The van der Waals surface area contributed by atoms with E-state index in [1.54, 1.807) is 26.8 Å². The maximum atomic E-state index is 14.3. The van der Waals surface area contributed by atoms with Crippen molar-refractivity contribution in [2.75, 3.05) is 6.61 Å². The van der Waals surface area contributed by atoms with Crippen LogP contribution in [-0.4, -0.2) is 56.0 Å². The van der Waals surface area contributed by atoms with Crippen LogP contribution in [0.5, 0.6) is 0 Å². The Morgan fingerprint density at radius 3 is 2.47 bits per heavy atom. The number of para-hydroxylation sites is 2. The molecular formula is C38H35N3O6. The Balaban J connectivity index is 1.30. The summed E-state index contributed by atoms with van der Waals surface area (Å²) in [5.41, 5.74) is 5.67. The van der Waals surface area contributed by atoms with Crippen LogP contribution in [0.2, 0.25) is 0 Å². The van der Waals surface area contributed by atoms with Gasteiger partial charge in [0.15, 0.2) is 6.23 Å². The molecule has 4 aromatic carbocycles. The number of aliphatic hydroxyl groups is 1. The van der Waals surface area contributed by atoms with Crippen LogP contribution in [0.15, 0.2) is 91.0 Å². The Labute approximate surface area is 270 Å². The van der Waals surface area contributed by atoms with Gasteiger partial charge in [-0.3, -0.25) is 4.79 Å². The number of nitrogens with zero attached hydrogens (tertiary/aromatic N) is 2. The SMILES string of the molecule is CC(C)(C)OC(=O)OC[C@H]1O[C@@H](n2c3ccccc3c3c4c(c5c6ccccc6[nH]c5c32)C(=O)N(Cc2ccccc2)C4)C=C[C@H]1O. The number of nitrogens with one attached hydrogen (secondary N) is 1. The molecule has 47 heavy (non-hydrogen) atoms. The largest absolute Gasteiger partial charge is 0.508 e. The van der Waals surface area contributed by atoms with Crippen molar-refractivity contribution >= 4 is 55.7 Å². The zero-order chi connectivity index (χ0) is 32.4. The highest BCUT2D eigenvalue weighted by molar-refractivity contribution is 6.30. The molecule has 6 aromatic rings. The number of hydrogen-bond donors (Lipinski definition) is 2. The lowest BCUT2D eigenvalue weighted by Gasteiger charge is -2.31. The normalized spacial score (nSPS) is 19.7. The number of H-pyrrole nitrogens is 1. The van der Waals surface area contributed by atoms with E-state index < -0.39 is 30.2 Å². The van der Waals surface area contributed by atoms with Gasteiger partial charge in [-0.15, -0.1) is 0 Å².